The fraction of sp³-hybridized carbons (Fsp3) is 0.320. The molecule has 38 heavy (non-hydrogen) atoms. The van der Waals surface area contributed by atoms with Crippen molar-refractivity contribution in [1.29, 1.82) is 0 Å². The molecule has 4 aromatic rings. The molecule has 2 fully saturated rings. The molecule has 196 valence electrons. The molecule has 4 aromatic heterocycles. The van der Waals surface area contributed by atoms with E-state index in [2.05, 4.69) is 19.9 Å². The second-order valence-electron chi connectivity index (χ2n) is 9.22. The van der Waals surface area contributed by atoms with Gasteiger partial charge in [-0.1, -0.05) is 0 Å². The van der Waals surface area contributed by atoms with Crippen LogP contribution in [0.4, 0.5) is 19.0 Å². The molecule has 2 amide bonds. The van der Waals surface area contributed by atoms with E-state index in [0.29, 0.717) is 61.3 Å². The fourth-order valence-corrected chi connectivity index (χ4v) is 5.58. The van der Waals surface area contributed by atoms with Gasteiger partial charge in [0.05, 0.1) is 17.3 Å². The zero-order valence-corrected chi connectivity index (χ0v) is 20.8. The number of carbonyl (C=O) groups excluding carboxylic acids is 2. The highest BCUT2D eigenvalue weighted by molar-refractivity contribution is 7.11. The lowest BCUT2D eigenvalue weighted by molar-refractivity contribution is -0.137. The van der Waals surface area contributed by atoms with Gasteiger partial charge in [0.2, 0.25) is 5.91 Å². The van der Waals surface area contributed by atoms with E-state index in [9.17, 15) is 22.8 Å². The fourth-order valence-electron chi connectivity index (χ4n) is 4.97. The van der Waals surface area contributed by atoms with Gasteiger partial charge in [0.15, 0.2) is 5.01 Å². The summed E-state index contributed by atoms with van der Waals surface area (Å²) < 4.78 is 40.3. The molecule has 2 aliphatic heterocycles. The van der Waals surface area contributed by atoms with Crippen molar-refractivity contribution in [3.63, 3.8) is 0 Å². The van der Waals surface area contributed by atoms with Gasteiger partial charge in [-0.25, -0.2) is 15.0 Å². The summed E-state index contributed by atoms with van der Waals surface area (Å²) in [6.45, 7) is 3.02. The lowest BCUT2D eigenvalue weighted by atomic mass is 10.2. The molecule has 13 heteroatoms. The maximum Gasteiger partial charge on any atom is 0.417 e. The van der Waals surface area contributed by atoms with Crippen LogP contribution in [0.15, 0.2) is 54.4 Å². The van der Waals surface area contributed by atoms with Crippen LogP contribution in [0.1, 0.15) is 21.8 Å². The van der Waals surface area contributed by atoms with Gasteiger partial charge < -0.3 is 4.90 Å². The normalized spacial score (nSPS) is 19.0. The van der Waals surface area contributed by atoms with Crippen molar-refractivity contribution in [3.05, 3.63) is 65.0 Å². The number of fused-ring (bicyclic) bond motifs is 1. The first kappa shape index (κ1) is 24.5. The Bertz CT molecular complexity index is 1480. The van der Waals surface area contributed by atoms with Crippen molar-refractivity contribution in [2.24, 2.45) is 0 Å². The highest BCUT2D eigenvalue weighted by atomic mass is 32.1. The number of aromatic nitrogens is 4. The molecular weight excluding hydrogens is 519 g/mol. The smallest absolute Gasteiger partial charge is 0.334 e. The summed E-state index contributed by atoms with van der Waals surface area (Å²) in [5.41, 5.74) is -0.141. The molecule has 0 unspecified atom stereocenters. The van der Waals surface area contributed by atoms with Crippen molar-refractivity contribution >= 4 is 39.9 Å². The van der Waals surface area contributed by atoms with Gasteiger partial charge in [0.1, 0.15) is 11.6 Å². The molecule has 6 rings (SSSR count). The van der Waals surface area contributed by atoms with Gasteiger partial charge in [-0.05, 0) is 24.3 Å². The van der Waals surface area contributed by atoms with Crippen LogP contribution in [0.25, 0.3) is 16.7 Å². The molecule has 0 radical (unpaired) electrons. The second-order valence-corrected chi connectivity index (χ2v) is 10.1. The monoisotopic (exact) mass is 541 g/mol. The van der Waals surface area contributed by atoms with Crippen molar-refractivity contribution < 1.29 is 22.8 Å². The minimum absolute atomic E-state index is 0.0213. The highest BCUT2D eigenvalue weighted by Crippen LogP contribution is 2.30. The number of piperazine rings is 1. The first-order valence-electron chi connectivity index (χ1n) is 12.0. The van der Waals surface area contributed by atoms with Crippen LogP contribution in [0.3, 0.4) is 0 Å². The summed E-state index contributed by atoms with van der Waals surface area (Å²) in [5, 5.41) is 3.07. The molecule has 0 bridgehead atoms. The van der Waals surface area contributed by atoms with E-state index in [1.54, 1.807) is 44.4 Å². The van der Waals surface area contributed by atoms with Crippen LogP contribution in [0.5, 0.6) is 0 Å². The van der Waals surface area contributed by atoms with Crippen LogP contribution in [-0.2, 0) is 11.0 Å². The lowest BCUT2D eigenvalue weighted by Crippen LogP contribution is -2.52. The van der Waals surface area contributed by atoms with Gasteiger partial charge in [-0.3, -0.25) is 24.0 Å². The van der Waals surface area contributed by atoms with E-state index in [0.717, 1.165) is 17.6 Å². The molecular formula is C25H22F3N7O2S. The predicted molar refractivity (Wildman–Crippen MR) is 134 cm³/mol. The Kier molecular flexibility index (Phi) is 6.11. The summed E-state index contributed by atoms with van der Waals surface area (Å²) >= 11 is 1.33. The van der Waals surface area contributed by atoms with Crippen LogP contribution < -0.4 is 4.90 Å². The molecule has 0 aromatic carbocycles. The summed E-state index contributed by atoms with van der Waals surface area (Å²) in [6.07, 6.45) is 1.67. The van der Waals surface area contributed by atoms with Gasteiger partial charge in [0.25, 0.3) is 5.91 Å². The van der Waals surface area contributed by atoms with E-state index >= 15 is 0 Å². The maximum absolute atomic E-state index is 12.9. The number of hydrogen-bond acceptors (Lipinski definition) is 7. The topological polar surface area (TPSA) is 87.5 Å². The zero-order chi connectivity index (χ0) is 26.4. The first-order chi connectivity index (χ1) is 18.3. The Labute approximate surface area is 219 Å². The van der Waals surface area contributed by atoms with E-state index in [1.807, 2.05) is 6.07 Å². The number of rotatable bonds is 4. The van der Waals surface area contributed by atoms with E-state index in [1.165, 1.54) is 17.4 Å². The predicted octanol–water partition coefficient (Wildman–Crippen LogP) is 3.46. The first-order valence-corrected chi connectivity index (χ1v) is 12.9. The Morgan fingerprint density at radius 1 is 1.00 bits per heavy atom. The van der Waals surface area contributed by atoms with E-state index in [4.69, 9.17) is 0 Å². The number of amides is 2. The van der Waals surface area contributed by atoms with Gasteiger partial charge >= 0.3 is 6.18 Å². The van der Waals surface area contributed by atoms with Crippen molar-refractivity contribution in [2.45, 2.75) is 18.6 Å². The Balaban J connectivity index is 1.13. The van der Waals surface area contributed by atoms with Crippen LogP contribution in [-0.4, -0.2) is 79.9 Å². The molecule has 0 spiro atoms. The van der Waals surface area contributed by atoms with Gasteiger partial charge in [-0.2, -0.15) is 13.2 Å². The molecule has 2 aliphatic rings. The summed E-state index contributed by atoms with van der Waals surface area (Å²) in [4.78, 5) is 43.8. The molecule has 0 aliphatic carbocycles. The summed E-state index contributed by atoms with van der Waals surface area (Å²) in [7, 11) is 0. The molecule has 6 heterocycles. The third kappa shape index (κ3) is 4.52. The Morgan fingerprint density at radius 3 is 2.47 bits per heavy atom. The summed E-state index contributed by atoms with van der Waals surface area (Å²) in [5.74, 6) is 0.791. The van der Waals surface area contributed by atoms with Gasteiger partial charge in [0, 0.05) is 74.5 Å². The number of halogens is 3. The van der Waals surface area contributed by atoms with Crippen LogP contribution >= 0.6 is 11.3 Å². The molecule has 1 atom stereocenters. The van der Waals surface area contributed by atoms with Crippen molar-refractivity contribution in [3.8, 4) is 5.82 Å². The average Bonchev–Trinajstić information content (AvgIpc) is 3.68. The number of pyridine rings is 2. The number of nitrogens with zero attached hydrogens (tertiary/aromatic N) is 7. The maximum atomic E-state index is 12.9. The number of thiazole rings is 1. The van der Waals surface area contributed by atoms with E-state index in [-0.39, 0.29) is 17.9 Å². The Morgan fingerprint density at radius 2 is 1.79 bits per heavy atom. The summed E-state index contributed by atoms with van der Waals surface area (Å²) in [6, 6.07) is 5.96. The SMILES string of the molecule is O=C(c1nccs1)N1CCN([C@@H]2CC(=O)N(c3cc4ccn(-c5ccc(C(F)(F)F)cn5)c4cn3)C2)CC1. The van der Waals surface area contributed by atoms with E-state index < -0.39 is 11.7 Å². The standard InChI is InChI=1S/C25H22F3N7O2S/c26-25(27,28)17-1-2-20(30-13-17)34-5-3-16-11-21(31-14-19(16)34)35-15-18(12-22(35)36)32-6-8-33(9-7-32)24(37)23-29-4-10-38-23/h1-5,10-11,13-14,18H,6-9,12,15H2/t18-/m1/s1. The highest BCUT2D eigenvalue weighted by Gasteiger charge is 2.37. The van der Waals surface area contributed by atoms with Gasteiger partial charge in [-0.15, -0.1) is 11.3 Å². The Hall–Kier alpha value is -3.84. The quantitative estimate of drug-likeness (QED) is 0.393. The van der Waals surface area contributed by atoms with Crippen LogP contribution in [0, 0.1) is 0 Å². The molecule has 2 saturated heterocycles. The van der Waals surface area contributed by atoms with Crippen molar-refractivity contribution in [1.82, 2.24) is 29.3 Å². The van der Waals surface area contributed by atoms with Crippen LogP contribution in [0.2, 0.25) is 0 Å². The molecule has 0 N–H and O–H groups in total. The average molecular weight is 542 g/mol. The molecule has 9 nitrogen and oxygen atoms in total. The number of alkyl halides is 3. The largest absolute Gasteiger partial charge is 0.417 e. The number of carbonyl (C=O) groups is 2. The number of hydrogen-bond donors (Lipinski definition) is 0. The van der Waals surface area contributed by atoms with Crippen molar-refractivity contribution in [2.75, 3.05) is 37.6 Å². The second kappa shape index (κ2) is 9.48. The zero-order valence-electron chi connectivity index (χ0n) is 20.0. The third-order valence-electron chi connectivity index (χ3n) is 7.00. The molecule has 0 saturated carbocycles. The minimum atomic E-state index is -4.45. The lowest BCUT2D eigenvalue weighted by Gasteiger charge is -2.37. The number of anilines is 1. The minimum Gasteiger partial charge on any atom is -0.334 e. The third-order valence-corrected chi connectivity index (χ3v) is 7.76.